The fourth-order valence-electron chi connectivity index (χ4n) is 1.38. The van der Waals surface area contributed by atoms with Crippen LogP contribution in [-0.2, 0) is 16.1 Å². The Kier molecular flexibility index (Phi) is 4.43. The molecule has 2 rings (SSSR count). The van der Waals surface area contributed by atoms with Gasteiger partial charge in [-0.2, -0.15) is 5.10 Å². The van der Waals surface area contributed by atoms with Gasteiger partial charge < -0.3 is 10.5 Å². The Morgan fingerprint density at radius 2 is 2.42 bits per heavy atom. The van der Waals surface area contributed by atoms with Gasteiger partial charge in [0.15, 0.2) is 0 Å². The number of esters is 1. The summed E-state index contributed by atoms with van der Waals surface area (Å²) in [5.41, 5.74) is 6.34. The summed E-state index contributed by atoms with van der Waals surface area (Å²) in [4.78, 5) is 16.4. The van der Waals surface area contributed by atoms with E-state index in [4.69, 9.17) is 10.5 Å². The number of carbonyl (C=O) groups is 1. The summed E-state index contributed by atoms with van der Waals surface area (Å²) in [6.07, 6.45) is 8.20. The lowest BCUT2D eigenvalue weighted by Crippen LogP contribution is -1.98. The van der Waals surface area contributed by atoms with Crippen LogP contribution in [0.3, 0.4) is 0 Å². The highest BCUT2D eigenvalue weighted by Crippen LogP contribution is 2.16. The third-order valence-electron chi connectivity index (χ3n) is 2.24. The van der Waals surface area contributed by atoms with Gasteiger partial charge >= 0.3 is 5.97 Å². The van der Waals surface area contributed by atoms with Crippen LogP contribution in [-0.4, -0.2) is 27.3 Å². The second kappa shape index (κ2) is 6.26. The maximum absolute atomic E-state index is 11.2. The van der Waals surface area contributed by atoms with Gasteiger partial charge in [-0.05, 0) is 13.0 Å². The summed E-state index contributed by atoms with van der Waals surface area (Å²) >= 11 is 1.48. The molecule has 0 bridgehead atoms. The van der Waals surface area contributed by atoms with E-state index in [9.17, 15) is 4.79 Å². The van der Waals surface area contributed by atoms with Gasteiger partial charge in [0, 0.05) is 35.5 Å². The number of thiazole rings is 1. The molecule has 0 saturated carbocycles. The monoisotopic (exact) mass is 278 g/mol. The summed E-state index contributed by atoms with van der Waals surface area (Å²) in [5, 5.41) is 4.92. The molecule has 0 radical (unpaired) electrons. The molecule has 2 N–H and O–H groups in total. The highest BCUT2D eigenvalue weighted by atomic mass is 32.1. The molecule has 19 heavy (non-hydrogen) atoms. The van der Waals surface area contributed by atoms with E-state index in [2.05, 4.69) is 10.1 Å². The Hall–Kier alpha value is -1.99. The quantitative estimate of drug-likeness (QED) is 0.659. The number of hydrogen-bond acceptors (Lipinski definition) is 6. The van der Waals surface area contributed by atoms with Gasteiger partial charge in [0.2, 0.25) is 5.13 Å². The zero-order chi connectivity index (χ0) is 13.7. The first-order valence-corrected chi connectivity index (χ1v) is 6.59. The van der Waals surface area contributed by atoms with E-state index >= 15 is 0 Å². The minimum atomic E-state index is -0.366. The lowest BCUT2D eigenvalue weighted by atomic mass is 10.3. The minimum Gasteiger partial charge on any atom is -0.463 e. The fourth-order valence-corrected chi connectivity index (χ4v) is 2.10. The third kappa shape index (κ3) is 3.49. The molecule has 0 saturated heterocycles. The summed E-state index contributed by atoms with van der Waals surface area (Å²) in [6, 6.07) is 0. The van der Waals surface area contributed by atoms with E-state index in [0.717, 1.165) is 15.6 Å². The average Bonchev–Trinajstić information content (AvgIpc) is 3.05. The van der Waals surface area contributed by atoms with E-state index in [1.807, 2.05) is 0 Å². The first kappa shape index (κ1) is 13.4. The van der Waals surface area contributed by atoms with Crippen molar-refractivity contribution in [3.63, 3.8) is 0 Å². The number of aromatic nitrogens is 3. The highest BCUT2D eigenvalue weighted by Gasteiger charge is 2.04. The van der Waals surface area contributed by atoms with E-state index in [1.54, 1.807) is 36.3 Å². The molecule has 2 aromatic rings. The molecule has 2 aromatic heterocycles. The molecule has 0 aromatic carbocycles. The standard InChI is InChI=1S/C12H14N4O2S/c1-2-18-11(17)4-3-9-6-15-16(8-9)12-14-7-10(5-13)19-12/h3-4,6-8H,2,5,13H2,1H3/b4-3+. The molecule has 100 valence electrons. The summed E-state index contributed by atoms with van der Waals surface area (Å²) in [7, 11) is 0. The van der Waals surface area contributed by atoms with Crippen LogP contribution in [0, 0.1) is 0 Å². The van der Waals surface area contributed by atoms with Crippen LogP contribution in [0.2, 0.25) is 0 Å². The van der Waals surface area contributed by atoms with E-state index in [0.29, 0.717) is 13.2 Å². The van der Waals surface area contributed by atoms with E-state index < -0.39 is 0 Å². The fraction of sp³-hybridized carbons (Fsp3) is 0.250. The van der Waals surface area contributed by atoms with Crippen molar-refractivity contribution in [2.75, 3.05) is 6.61 Å². The normalized spacial score (nSPS) is 11.1. The van der Waals surface area contributed by atoms with Crippen LogP contribution in [0.25, 0.3) is 11.2 Å². The first-order valence-electron chi connectivity index (χ1n) is 5.77. The minimum absolute atomic E-state index is 0.365. The van der Waals surface area contributed by atoms with Crippen LogP contribution in [0.4, 0.5) is 0 Å². The van der Waals surface area contributed by atoms with Crippen molar-refractivity contribution >= 4 is 23.4 Å². The molecular weight excluding hydrogens is 264 g/mol. The second-order valence-electron chi connectivity index (χ2n) is 3.62. The number of nitrogens with zero attached hydrogens (tertiary/aromatic N) is 3. The van der Waals surface area contributed by atoms with Gasteiger partial charge in [0.05, 0.1) is 12.8 Å². The molecule has 0 amide bonds. The van der Waals surface area contributed by atoms with Crippen molar-refractivity contribution in [2.24, 2.45) is 5.73 Å². The van der Waals surface area contributed by atoms with Gasteiger partial charge in [-0.15, -0.1) is 0 Å². The van der Waals surface area contributed by atoms with Crippen molar-refractivity contribution in [2.45, 2.75) is 13.5 Å². The summed E-state index contributed by atoms with van der Waals surface area (Å²) in [6.45, 7) is 2.60. The van der Waals surface area contributed by atoms with Gasteiger partial charge in [-0.25, -0.2) is 14.5 Å². The van der Waals surface area contributed by atoms with Crippen molar-refractivity contribution in [1.29, 1.82) is 0 Å². The molecule has 6 nitrogen and oxygen atoms in total. The Balaban J connectivity index is 2.08. The van der Waals surface area contributed by atoms with Crippen LogP contribution in [0.1, 0.15) is 17.4 Å². The molecule has 0 aliphatic heterocycles. The molecule has 2 heterocycles. The van der Waals surface area contributed by atoms with Gasteiger partial charge in [0.1, 0.15) is 0 Å². The number of hydrogen-bond donors (Lipinski definition) is 1. The predicted molar refractivity (Wildman–Crippen MR) is 72.8 cm³/mol. The van der Waals surface area contributed by atoms with Crippen LogP contribution >= 0.6 is 11.3 Å². The second-order valence-corrected chi connectivity index (χ2v) is 4.71. The maximum Gasteiger partial charge on any atom is 0.330 e. The number of carbonyl (C=O) groups excluding carboxylic acids is 1. The molecule has 0 fully saturated rings. The Bertz CT molecular complexity index is 588. The van der Waals surface area contributed by atoms with Crippen molar-refractivity contribution < 1.29 is 9.53 Å². The smallest absolute Gasteiger partial charge is 0.330 e. The molecule has 0 unspecified atom stereocenters. The molecular formula is C12H14N4O2S. The average molecular weight is 278 g/mol. The Morgan fingerprint density at radius 3 is 3.11 bits per heavy atom. The van der Waals surface area contributed by atoms with Crippen molar-refractivity contribution in [3.8, 4) is 5.13 Å². The Morgan fingerprint density at radius 1 is 1.58 bits per heavy atom. The molecule has 0 atom stereocenters. The van der Waals surface area contributed by atoms with Crippen LogP contribution < -0.4 is 5.73 Å². The van der Waals surface area contributed by atoms with Gasteiger partial charge in [0.25, 0.3) is 0 Å². The topological polar surface area (TPSA) is 83.0 Å². The van der Waals surface area contributed by atoms with Gasteiger partial charge in [-0.3, -0.25) is 0 Å². The summed E-state index contributed by atoms with van der Waals surface area (Å²) < 4.78 is 6.44. The molecule has 0 spiro atoms. The van der Waals surface area contributed by atoms with Crippen LogP contribution in [0.5, 0.6) is 0 Å². The zero-order valence-corrected chi connectivity index (χ0v) is 11.3. The van der Waals surface area contributed by atoms with Crippen molar-refractivity contribution in [3.05, 3.63) is 35.1 Å². The Labute approximate surface area is 114 Å². The zero-order valence-electron chi connectivity index (χ0n) is 10.4. The van der Waals surface area contributed by atoms with Crippen LogP contribution in [0.15, 0.2) is 24.7 Å². The van der Waals surface area contributed by atoms with E-state index in [-0.39, 0.29) is 5.97 Å². The largest absolute Gasteiger partial charge is 0.463 e. The highest BCUT2D eigenvalue weighted by molar-refractivity contribution is 7.14. The van der Waals surface area contributed by atoms with E-state index in [1.165, 1.54) is 17.4 Å². The van der Waals surface area contributed by atoms with Gasteiger partial charge in [-0.1, -0.05) is 11.3 Å². The lowest BCUT2D eigenvalue weighted by molar-refractivity contribution is -0.137. The predicted octanol–water partition coefficient (Wildman–Crippen LogP) is 1.36. The molecule has 0 aliphatic rings. The van der Waals surface area contributed by atoms with Crippen molar-refractivity contribution in [1.82, 2.24) is 14.8 Å². The maximum atomic E-state index is 11.2. The molecule has 7 heteroatoms. The molecule has 0 aliphatic carbocycles. The number of ether oxygens (including phenoxy) is 1. The SMILES string of the molecule is CCOC(=O)/C=C/c1cnn(-c2ncc(CN)s2)c1. The number of nitrogens with two attached hydrogens (primary N) is 1. The number of rotatable bonds is 5. The summed E-state index contributed by atoms with van der Waals surface area (Å²) in [5.74, 6) is -0.366. The lowest BCUT2D eigenvalue weighted by Gasteiger charge is -1.93. The third-order valence-corrected chi connectivity index (χ3v) is 3.25. The first-order chi connectivity index (χ1) is 9.22.